The summed E-state index contributed by atoms with van der Waals surface area (Å²) in [6, 6.07) is 0. The van der Waals surface area contributed by atoms with Crippen LogP contribution in [-0.4, -0.2) is 51.9 Å². The molecule has 8 heteroatoms. The fourth-order valence-corrected chi connectivity index (χ4v) is 4.13. The molecule has 0 aliphatic carbocycles. The van der Waals surface area contributed by atoms with Gasteiger partial charge in [0.1, 0.15) is 11.5 Å². The Labute approximate surface area is 151 Å². The average molecular weight is 358 g/mol. The molecule has 0 saturated carbocycles. The van der Waals surface area contributed by atoms with Crippen LogP contribution in [0.25, 0.3) is 0 Å². The van der Waals surface area contributed by atoms with Gasteiger partial charge in [-0.2, -0.15) is 0 Å². The Balaban J connectivity index is 1.38. The Hall–Kier alpha value is -2.22. The van der Waals surface area contributed by atoms with Crippen LogP contribution in [0.4, 0.5) is 10.9 Å². The number of aromatic nitrogens is 3. The smallest absolute Gasteiger partial charge is 0.274 e. The summed E-state index contributed by atoms with van der Waals surface area (Å²) in [6.45, 7) is 4.42. The van der Waals surface area contributed by atoms with Crippen molar-refractivity contribution in [2.75, 3.05) is 36.4 Å². The summed E-state index contributed by atoms with van der Waals surface area (Å²) in [6.07, 6.45) is 7.83. The fraction of sp³-hybridized carbons (Fsp3) is 0.529. The van der Waals surface area contributed by atoms with Crippen molar-refractivity contribution in [3.63, 3.8) is 0 Å². The Morgan fingerprint density at radius 2 is 1.84 bits per heavy atom. The maximum Gasteiger partial charge on any atom is 0.274 e. The number of likely N-dealkylation sites (tertiary alicyclic amines) is 1. The van der Waals surface area contributed by atoms with Gasteiger partial charge in [0.05, 0.1) is 24.6 Å². The normalized spacial score (nSPS) is 17.3. The first-order valence-electron chi connectivity index (χ1n) is 8.84. The molecule has 0 radical (unpaired) electrons. The van der Waals surface area contributed by atoms with Gasteiger partial charge in [-0.25, -0.2) is 9.97 Å². The third kappa shape index (κ3) is 3.73. The van der Waals surface area contributed by atoms with Crippen molar-refractivity contribution in [3.05, 3.63) is 29.2 Å². The molecule has 2 aromatic heterocycles. The largest absolute Gasteiger partial charge is 0.363 e. The quantitative estimate of drug-likeness (QED) is 0.885. The molecule has 2 aliphatic rings. The Kier molecular flexibility index (Phi) is 4.78. The lowest BCUT2D eigenvalue weighted by Crippen LogP contribution is -2.28. The van der Waals surface area contributed by atoms with Gasteiger partial charge >= 0.3 is 0 Å². The van der Waals surface area contributed by atoms with Gasteiger partial charge in [-0.1, -0.05) is 0 Å². The van der Waals surface area contributed by atoms with Crippen LogP contribution >= 0.6 is 11.3 Å². The number of hydrogen-bond acceptors (Lipinski definition) is 7. The number of rotatable bonds is 5. The predicted molar refractivity (Wildman–Crippen MR) is 98.1 cm³/mol. The molecule has 4 heterocycles. The number of nitrogens with zero attached hydrogens (tertiary/aromatic N) is 5. The molecule has 0 unspecified atom stereocenters. The molecular formula is C17H22N6OS. The first-order valence-corrected chi connectivity index (χ1v) is 9.72. The molecule has 1 amide bonds. The molecule has 2 saturated heterocycles. The van der Waals surface area contributed by atoms with E-state index < -0.39 is 0 Å². The Bertz CT molecular complexity index is 736. The van der Waals surface area contributed by atoms with E-state index in [4.69, 9.17) is 0 Å². The van der Waals surface area contributed by atoms with Crippen molar-refractivity contribution < 1.29 is 4.79 Å². The van der Waals surface area contributed by atoms with Crippen molar-refractivity contribution in [1.82, 2.24) is 19.9 Å². The number of amides is 1. The van der Waals surface area contributed by atoms with E-state index >= 15 is 0 Å². The van der Waals surface area contributed by atoms with Crippen LogP contribution in [0, 0.1) is 0 Å². The highest BCUT2D eigenvalue weighted by atomic mass is 32.1. The van der Waals surface area contributed by atoms with Crippen molar-refractivity contribution in [2.45, 2.75) is 32.2 Å². The summed E-state index contributed by atoms with van der Waals surface area (Å²) in [5.41, 5.74) is 1.40. The number of carbonyl (C=O) groups excluding carboxylic acids is 1. The van der Waals surface area contributed by atoms with E-state index in [0.717, 1.165) is 49.8 Å². The van der Waals surface area contributed by atoms with Gasteiger partial charge in [0.2, 0.25) is 0 Å². The number of anilines is 2. The molecule has 2 aromatic rings. The standard InChI is InChI=1S/C17H22N6OS/c24-16(22-5-1-2-6-22)14-10-18-11-15(21-14)19-9-13-12-25-17(20-13)23-7-3-4-8-23/h10-12H,1-9H2,(H,19,21). The van der Waals surface area contributed by atoms with E-state index in [2.05, 4.69) is 30.5 Å². The topological polar surface area (TPSA) is 74.2 Å². The highest BCUT2D eigenvalue weighted by Crippen LogP contribution is 2.24. The zero-order chi connectivity index (χ0) is 17.1. The van der Waals surface area contributed by atoms with Crippen molar-refractivity contribution in [1.29, 1.82) is 0 Å². The summed E-state index contributed by atoms with van der Waals surface area (Å²) in [5, 5.41) is 6.40. The number of carbonyl (C=O) groups is 1. The lowest BCUT2D eigenvalue weighted by atomic mass is 10.4. The highest BCUT2D eigenvalue weighted by molar-refractivity contribution is 7.13. The Morgan fingerprint density at radius 1 is 1.08 bits per heavy atom. The summed E-state index contributed by atoms with van der Waals surface area (Å²) < 4.78 is 0. The summed E-state index contributed by atoms with van der Waals surface area (Å²) in [7, 11) is 0. The van der Waals surface area contributed by atoms with Gasteiger partial charge in [0.25, 0.3) is 5.91 Å². The fourth-order valence-electron chi connectivity index (χ4n) is 3.25. The molecule has 0 bridgehead atoms. The van der Waals surface area contributed by atoms with Crippen molar-refractivity contribution >= 4 is 28.2 Å². The minimum Gasteiger partial charge on any atom is -0.363 e. The monoisotopic (exact) mass is 358 g/mol. The molecule has 2 aliphatic heterocycles. The second kappa shape index (κ2) is 7.35. The van der Waals surface area contributed by atoms with Crippen LogP contribution in [0.15, 0.2) is 17.8 Å². The van der Waals surface area contributed by atoms with Crippen LogP contribution in [0.5, 0.6) is 0 Å². The van der Waals surface area contributed by atoms with Gasteiger partial charge in [0, 0.05) is 31.6 Å². The van der Waals surface area contributed by atoms with E-state index in [9.17, 15) is 4.79 Å². The first kappa shape index (κ1) is 16.3. The van der Waals surface area contributed by atoms with Crippen molar-refractivity contribution in [2.24, 2.45) is 0 Å². The van der Waals surface area contributed by atoms with Crippen LogP contribution in [0.3, 0.4) is 0 Å². The molecule has 2 fully saturated rings. The van der Waals surface area contributed by atoms with Gasteiger partial charge < -0.3 is 15.1 Å². The summed E-state index contributed by atoms with van der Waals surface area (Å²) in [5.74, 6) is 0.583. The minimum atomic E-state index is -0.0290. The predicted octanol–water partition coefficient (Wildman–Crippen LogP) is 2.38. The van der Waals surface area contributed by atoms with E-state index in [1.54, 1.807) is 23.7 Å². The van der Waals surface area contributed by atoms with E-state index in [1.165, 1.54) is 12.8 Å². The Morgan fingerprint density at radius 3 is 2.64 bits per heavy atom. The molecule has 0 spiro atoms. The molecule has 0 atom stereocenters. The third-order valence-corrected chi connectivity index (χ3v) is 5.56. The van der Waals surface area contributed by atoms with E-state index in [-0.39, 0.29) is 5.91 Å². The molecule has 132 valence electrons. The number of thiazole rings is 1. The molecule has 25 heavy (non-hydrogen) atoms. The first-order chi connectivity index (χ1) is 12.3. The molecule has 0 aromatic carbocycles. The van der Waals surface area contributed by atoms with Crippen molar-refractivity contribution in [3.8, 4) is 0 Å². The van der Waals surface area contributed by atoms with Gasteiger partial charge in [-0.05, 0) is 25.7 Å². The second-order valence-corrected chi connectivity index (χ2v) is 7.29. The van der Waals surface area contributed by atoms with Crippen LogP contribution in [-0.2, 0) is 6.54 Å². The minimum absolute atomic E-state index is 0.0290. The second-order valence-electron chi connectivity index (χ2n) is 6.46. The lowest BCUT2D eigenvalue weighted by molar-refractivity contribution is 0.0786. The van der Waals surface area contributed by atoms with Gasteiger partial charge in [0.15, 0.2) is 5.13 Å². The molecule has 7 nitrogen and oxygen atoms in total. The highest BCUT2D eigenvalue weighted by Gasteiger charge is 2.21. The SMILES string of the molecule is O=C(c1cncc(NCc2csc(N3CCCC3)n2)n1)N1CCCC1. The van der Waals surface area contributed by atoms with Crippen LogP contribution < -0.4 is 10.2 Å². The van der Waals surface area contributed by atoms with Crippen LogP contribution in [0.2, 0.25) is 0 Å². The molecule has 4 rings (SSSR count). The van der Waals surface area contributed by atoms with E-state index in [1.807, 2.05) is 4.90 Å². The third-order valence-electron chi connectivity index (χ3n) is 4.61. The molecular weight excluding hydrogens is 336 g/mol. The number of nitrogens with one attached hydrogen (secondary N) is 1. The van der Waals surface area contributed by atoms with Crippen LogP contribution in [0.1, 0.15) is 41.9 Å². The maximum absolute atomic E-state index is 12.4. The van der Waals surface area contributed by atoms with E-state index in [0.29, 0.717) is 18.1 Å². The zero-order valence-electron chi connectivity index (χ0n) is 14.1. The van der Waals surface area contributed by atoms with Gasteiger partial charge in [-0.15, -0.1) is 11.3 Å². The number of hydrogen-bond donors (Lipinski definition) is 1. The van der Waals surface area contributed by atoms with Gasteiger partial charge in [-0.3, -0.25) is 9.78 Å². The average Bonchev–Trinajstić information content (AvgIpc) is 3.41. The summed E-state index contributed by atoms with van der Waals surface area (Å²) >= 11 is 1.68. The molecule has 1 N–H and O–H groups in total. The summed E-state index contributed by atoms with van der Waals surface area (Å²) in [4.78, 5) is 29.8. The maximum atomic E-state index is 12.4. The zero-order valence-corrected chi connectivity index (χ0v) is 15.0. The lowest BCUT2D eigenvalue weighted by Gasteiger charge is -2.14.